The van der Waals surface area contributed by atoms with Gasteiger partial charge in [0.2, 0.25) is 0 Å². The standard InChI is InChI=1S/C40H38ClN5O6/c1-25-34(39(49)46(30-8-10-32(47)11-9-30)37-20-27(40(50)51)13-14-42-37)22-36(43(25)2)35-21-29(41)7-12-33(35)38(48)45-23-28-6-4-3-5-26(28)19-31(45)24-44-15-17-52-18-16-44/h3-14,20-22,31,47H,15-19,23-24H2,1-2H3,(H,50,51)/t31-/m0/s1. The van der Waals surface area contributed by atoms with Crippen LogP contribution >= 0.6 is 11.6 Å². The maximum atomic E-state index is 14.8. The molecule has 2 N–H and O–H groups in total. The van der Waals surface area contributed by atoms with Crippen molar-refractivity contribution in [2.75, 3.05) is 37.7 Å². The van der Waals surface area contributed by atoms with E-state index in [1.165, 1.54) is 40.9 Å². The van der Waals surface area contributed by atoms with Crippen molar-refractivity contribution in [3.05, 3.63) is 130 Å². The van der Waals surface area contributed by atoms with Gasteiger partial charge in [-0.25, -0.2) is 9.78 Å². The third kappa shape index (κ3) is 6.90. The number of aromatic carboxylic acids is 1. The number of hydrogen-bond donors (Lipinski definition) is 2. The molecule has 2 aromatic heterocycles. The number of rotatable bonds is 8. The number of pyridine rings is 1. The van der Waals surface area contributed by atoms with E-state index in [0.717, 1.165) is 31.6 Å². The lowest BCUT2D eigenvalue weighted by Gasteiger charge is -2.40. The largest absolute Gasteiger partial charge is 0.508 e. The quantitative estimate of drug-likeness (QED) is 0.191. The summed E-state index contributed by atoms with van der Waals surface area (Å²) in [6, 6.07) is 23.8. The van der Waals surface area contributed by atoms with E-state index in [0.29, 0.717) is 58.5 Å². The molecular weight excluding hydrogens is 682 g/mol. The third-order valence-electron chi connectivity index (χ3n) is 9.98. The number of nitrogens with zero attached hydrogens (tertiary/aromatic N) is 5. The number of fused-ring (bicyclic) bond motifs is 1. The molecule has 0 spiro atoms. The Morgan fingerprint density at radius 1 is 0.942 bits per heavy atom. The zero-order valence-electron chi connectivity index (χ0n) is 28.8. The predicted octanol–water partition coefficient (Wildman–Crippen LogP) is 6.33. The summed E-state index contributed by atoms with van der Waals surface area (Å²) in [4.78, 5) is 51.1. The number of benzene rings is 3. The molecule has 2 amide bonds. The summed E-state index contributed by atoms with van der Waals surface area (Å²) < 4.78 is 7.44. The van der Waals surface area contributed by atoms with E-state index in [1.807, 2.05) is 28.6 Å². The van der Waals surface area contributed by atoms with Gasteiger partial charge in [0.1, 0.15) is 11.6 Å². The Bertz CT molecular complexity index is 2160. The summed E-state index contributed by atoms with van der Waals surface area (Å²) in [5.74, 6) is -1.68. The Labute approximate surface area is 306 Å². The topological polar surface area (TPSA) is 128 Å². The van der Waals surface area contributed by atoms with Gasteiger partial charge in [-0.2, -0.15) is 0 Å². The second-order valence-corrected chi connectivity index (χ2v) is 13.6. The Morgan fingerprint density at radius 2 is 1.67 bits per heavy atom. The number of carboxylic acids is 1. The Balaban J connectivity index is 1.28. The second-order valence-electron chi connectivity index (χ2n) is 13.1. The number of amides is 2. The Morgan fingerprint density at radius 3 is 2.40 bits per heavy atom. The van der Waals surface area contributed by atoms with E-state index < -0.39 is 11.9 Å². The highest BCUT2D eigenvalue weighted by atomic mass is 35.5. The number of phenolic OH excluding ortho intramolecular Hbond substituents is 1. The van der Waals surface area contributed by atoms with Gasteiger partial charge in [-0.15, -0.1) is 0 Å². The van der Waals surface area contributed by atoms with Crippen LogP contribution in [-0.2, 0) is 24.8 Å². The number of phenols is 1. The first-order valence-corrected chi connectivity index (χ1v) is 17.4. The van der Waals surface area contributed by atoms with Crippen LogP contribution in [0.2, 0.25) is 5.02 Å². The van der Waals surface area contributed by atoms with E-state index >= 15 is 0 Å². The lowest BCUT2D eigenvalue weighted by molar-refractivity contribution is 0.0193. The first-order chi connectivity index (χ1) is 25.1. The smallest absolute Gasteiger partial charge is 0.335 e. The van der Waals surface area contributed by atoms with Crippen LogP contribution < -0.4 is 4.90 Å². The zero-order valence-corrected chi connectivity index (χ0v) is 29.6. The Hall–Kier alpha value is -5.49. The van der Waals surface area contributed by atoms with Gasteiger partial charge in [-0.3, -0.25) is 19.4 Å². The zero-order chi connectivity index (χ0) is 36.5. The fourth-order valence-corrected chi connectivity index (χ4v) is 7.24. The molecule has 0 saturated carbocycles. The number of halogens is 1. The van der Waals surface area contributed by atoms with Crippen LogP contribution in [0.15, 0.2) is 91.1 Å². The van der Waals surface area contributed by atoms with Crippen molar-refractivity contribution in [2.24, 2.45) is 7.05 Å². The van der Waals surface area contributed by atoms with Crippen LogP contribution in [0.1, 0.15) is 47.9 Å². The van der Waals surface area contributed by atoms with Crippen molar-refractivity contribution in [2.45, 2.75) is 25.9 Å². The van der Waals surface area contributed by atoms with E-state index in [9.17, 15) is 24.6 Å². The molecule has 1 atom stereocenters. The summed E-state index contributed by atoms with van der Waals surface area (Å²) in [6.45, 7) is 5.94. The number of anilines is 2. The monoisotopic (exact) mass is 719 g/mol. The molecule has 266 valence electrons. The molecule has 1 saturated heterocycles. The van der Waals surface area contributed by atoms with Gasteiger partial charge in [0.15, 0.2) is 0 Å². The molecule has 4 heterocycles. The van der Waals surface area contributed by atoms with Crippen LogP contribution in [0.3, 0.4) is 0 Å². The SMILES string of the molecule is Cc1c(C(=O)N(c2ccc(O)cc2)c2cc(C(=O)O)ccn2)cc(-c2cc(Cl)ccc2C(=O)N2Cc3ccccc3C[C@H]2CN2CCOCC2)n1C. The summed E-state index contributed by atoms with van der Waals surface area (Å²) >= 11 is 6.60. The molecule has 3 aromatic carbocycles. The fourth-order valence-electron chi connectivity index (χ4n) is 7.06. The van der Waals surface area contributed by atoms with Crippen molar-refractivity contribution in [1.82, 2.24) is 19.4 Å². The van der Waals surface area contributed by atoms with Gasteiger partial charge in [-0.05, 0) is 85.1 Å². The van der Waals surface area contributed by atoms with Crippen LogP contribution in [-0.4, -0.2) is 86.2 Å². The minimum Gasteiger partial charge on any atom is -0.508 e. The number of ether oxygens (including phenoxy) is 1. The van der Waals surface area contributed by atoms with E-state index in [2.05, 4.69) is 22.0 Å². The molecule has 2 aliphatic heterocycles. The van der Waals surface area contributed by atoms with Crippen molar-refractivity contribution in [3.63, 3.8) is 0 Å². The first kappa shape index (κ1) is 34.9. The lowest BCUT2D eigenvalue weighted by Crippen LogP contribution is -2.52. The summed E-state index contributed by atoms with van der Waals surface area (Å²) in [5.41, 5.74) is 5.24. The summed E-state index contributed by atoms with van der Waals surface area (Å²) in [6.07, 6.45) is 2.06. The van der Waals surface area contributed by atoms with Crippen LogP contribution in [0.25, 0.3) is 11.3 Å². The normalized spacial score (nSPS) is 16.0. The van der Waals surface area contributed by atoms with E-state index in [4.69, 9.17) is 16.3 Å². The molecule has 5 aromatic rings. The van der Waals surface area contributed by atoms with Gasteiger partial charge in [0, 0.05) is 73.0 Å². The highest BCUT2D eigenvalue weighted by Crippen LogP contribution is 2.36. The van der Waals surface area contributed by atoms with E-state index in [1.54, 1.807) is 43.3 Å². The highest BCUT2D eigenvalue weighted by Gasteiger charge is 2.34. The molecule has 0 aliphatic carbocycles. The average molecular weight is 720 g/mol. The number of carbonyl (C=O) groups excluding carboxylic acids is 2. The molecule has 0 unspecified atom stereocenters. The maximum Gasteiger partial charge on any atom is 0.335 e. The number of carbonyl (C=O) groups is 3. The van der Waals surface area contributed by atoms with Crippen molar-refractivity contribution in [3.8, 4) is 17.0 Å². The van der Waals surface area contributed by atoms with Crippen molar-refractivity contribution in [1.29, 1.82) is 0 Å². The molecule has 11 nitrogen and oxygen atoms in total. The van der Waals surface area contributed by atoms with Gasteiger partial charge >= 0.3 is 5.97 Å². The minimum atomic E-state index is -1.16. The number of aromatic nitrogens is 2. The highest BCUT2D eigenvalue weighted by molar-refractivity contribution is 6.31. The number of aromatic hydroxyl groups is 1. The second kappa shape index (κ2) is 14.6. The molecule has 12 heteroatoms. The maximum absolute atomic E-state index is 14.8. The molecule has 52 heavy (non-hydrogen) atoms. The lowest BCUT2D eigenvalue weighted by atomic mass is 9.92. The van der Waals surface area contributed by atoms with Crippen molar-refractivity contribution >= 4 is 40.9 Å². The van der Waals surface area contributed by atoms with Gasteiger partial charge in [0.05, 0.1) is 30.0 Å². The molecule has 0 bridgehead atoms. The van der Waals surface area contributed by atoms with Gasteiger partial charge < -0.3 is 24.4 Å². The Kier molecular flexibility index (Phi) is 9.83. The third-order valence-corrected chi connectivity index (χ3v) is 10.2. The first-order valence-electron chi connectivity index (χ1n) is 17.1. The molecule has 0 radical (unpaired) electrons. The number of hydrogen-bond acceptors (Lipinski definition) is 7. The van der Waals surface area contributed by atoms with Gasteiger partial charge in [-0.1, -0.05) is 35.9 Å². The van der Waals surface area contributed by atoms with Crippen LogP contribution in [0.4, 0.5) is 11.5 Å². The van der Waals surface area contributed by atoms with Crippen LogP contribution in [0, 0.1) is 6.92 Å². The molecule has 2 aliphatic rings. The molecule has 7 rings (SSSR count). The predicted molar refractivity (Wildman–Crippen MR) is 197 cm³/mol. The average Bonchev–Trinajstić information content (AvgIpc) is 3.45. The fraction of sp³-hybridized carbons (Fsp3) is 0.250. The van der Waals surface area contributed by atoms with Gasteiger partial charge in [0.25, 0.3) is 11.8 Å². The van der Waals surface area contributed by atoms with E-state index in [-0.39, 0.29) is 29.1 Å². The number of carboxylic acid groups (broad SMARTS) is 1. The van der Waals surface area contributed by atoms with Crippen molar-refractivity contribution < 1.29 is 29.3 Å². The minimum absolute atomic E-state index is 0.00380. The van der Waals surface area contributed by atoms with Crippen LogP contribution in [0.5, 0.6) is 5.75 Å². The summed E-state index contributed by atoms with van der Waals surface area (Å²) in [7, 11) is 1.82. The molecule has 1 fully saturated rings. The number of morpholine rings is 1. The summed E-state index contributed by atoms with van der Waals surface area (Å²) in [5, 5.41) is 20.1. The molecular formula is C40H38ClN5O6.